The van der Waals surface area contributed by atoms with E-state index in [9.17, 15) is 24.3 Å². The highest BCUT2D eigenvalue weighted by molar-refractivity contribution is 6.07. The molecule has 0 fully saturated rings. The monoisotopic (exact) mass is 463 g/mol. The van der Waals surface area contributed by atoms with E-state index in [1.807, 2.05) is 32.0 Å². The molecule has 0 unspecified atom stereocenters. The first-order valence-electron chi connectivity index (χ1n) is 11.6. The standard InChI is InChI=1S/C26H29N3O5/c1-3-15(2)21(28-23(30)17-8-5-4-6-9-17)24(31)27-19-13-12-16-10-7-11-18-14-20(26(33)34)29(22(16)18)25(19)32/h4-11,15,19-21H,3,12-14H2,1-2H3,(H,27,31)(H,28,30)(H,33,34)/t15-,19+,20+,21+/m1/s1. The molecule has 0 aliphatic carbocycles. The second-order valence-electron chi connectivity index (χ2n) is 8.99. The molecule has 8 heteroatoms. The van der Waals surface area contributed by atoms with Crippen LogP contribution in [0.2, 0.25) is 0 Å². The molecule has 0 bridgehead atoms. The SMILES string of the molecule is CC[C@@H](C)[C@H](NC(=O)c1ccccc1)C(=O)N[C@H]1CCc2cccc3c2N(C1=O)[C@H](C(=O)O)C3. The van der Waals surface area contributed by atoms with Gasteiger partial charge in [-0.3, -0.25) is 19.3 Å². The van der Waals surface area contributed by atoms with E-state index in [0.717, 1.165) is 11.1 Å². The lowest BCUT2D eigenvalue weighted by Gasteiger charge is -2.29. The maximum Gasteiger partial charge on any atom is 0.327 e. The minimum Gasteiger partial charge on any atom is -0.480 e. The summed E-state index contributed by atoms with van der Waals surface area (Å²) in [6.07, 6.45) is 1.78. The van der Waals surface area contributed by atoms with E-state index >= 15 is 0 Å². The average Bonchev–Trinajstić information content (AvgIpc) is 3.19. The van der Waals surface area contributed by atoms with Crippen LogP contribution < -0.4 is 15.5 Å². The van der Waals surface area contributed by atoms with E-state index in [1.54, 1.807) is 30.3 Å². The second-order valence-corrected chi connectivity index (χ2v) is 8.99. The number of hydrogen-bond donors (Lipinski definition) is 3. The Kier molecular flexibility index (Phi) is 6.68. The Labute approximate surface area is 198 Å². The summed E-state index contributed by atoms with van der Waals surface area (Å²) in [6.45, 7) is 3.80. The van der Waals surface area contributed by atoms with Crippen LogP contribution in [0.1, 0.15) is 48.2 Å². The molecule has 0 aromatic heterocycles. The lowest BCUT2D eigenvalue weighted by Crippen LogP contribution is -2.57. The van der Waals surface area contributed by atoms with Crippen molar-refractivity contribution in [1.29, 1.82) is 0 Å². The van der Waals surface area contributed by atoms with Crippen molar-refractivity contribution in [3.63, 3.8) is 0 Å². The number of benzene rings is 2. The molecule has 2 aliphatic rings. The summed E-state index contributed by atoms with van der Waals surface area (Å²) >= 11 is 0. The molecule has 2 aromatic rings. The number of para-hydroxylation sites is 1. The average molecular weight is 464 g/mol. The quantitative estimate of drug-likeness (QED) is 0.583. The van der Waals surface area contributed by atoms with E-state index in [2.05, 4.69) is 10.6 Å². The number of carboxylic acids is 1. The van der Waals surface area contributed by atoms with Crippen LogP contribution in [0, 0.1) is 5.92 Å². The summed E-state index contributed by atoms with van der Waals surface area (Å²) in [5.41, 5.74) is 2.84. The molecule has 2 heterocycles. The molecule has 0 spiro atoms. The van der Waals surface area contributed by atoms with Crippen molar-refractivity contribution in [2.75, 3.05) is 4.90 Å². The number of amides is 3. The number of nitrogens with one attached hydrogen (secondary N) is 2. The third-order valence-electron chi connectivity index (χ3n) is 6.83. The number of anilines is 1. The van der Waals surface area contributed by atoms with Crippen molar-refractivity contribution in [3.05, 3.63) is 65.2 Å². The van der Waals surface area contributed by atoms with Crippen LogP contribution in [0.25, 0.3) is 0 Å². The van der Waals surface area contributed by atoms with Gasteiger partial charge in [0, 0.05) is 12.0 Å². The Morgan fingerprint density at radius 2 is 1.79 bits per heavy atom. The number of aryl methyl sites for hydroxylation is 1. The van der Waals surface area contributed by atoms with Gasteiger partial charge in [-0.15, -0.1) is 0 Å². The number of hydrogen-bond acceptors (Lipinski definition) is 4. The molecule has 0 saturated heterocycles. The Hall–Kier alpha value is -3.68. The van der Waals surface area contributed by atoms with Gasteiger partial charge in [-0.2, -0.15) is 0 Å². The molecular formula is C26H29N3O5. The molecule has 0 saturated carbocycles. The fourth-order valence-electron chi connectivity index (χ4n) is 4.74. The molecule has 4 rings (SSSR count). The van der Waals surface area contributed by atoms with Crippen molar-refractivity contribution in [1.82, 2.24) is 10.6 Å². The van der Waals surface area contributed by atoms with Crippen LogP contribution in [-0.2, 0) is 27.2 Å². The van der Waals surface area contributed by atoms with Crippen LogP contribution >= 0.6 is 0 Å². The van der Waals surface area contributed by atoms with E-state index in [4.69, 9.17) is 0 Å². The highest BCUT2D eigenvalue weighted by Crippen LogP contribution is 2.39. The van der Waals surface area contributed by atoms with Gasteiger partial charge in [0.15, 0.2) is 0 Å². The van der Waals surface area contributed by atoms with Crippen molar-refractivity contribution in [2.24, 2.45) is 5.92 Å². The lowest BCUT2D eigenvalue weighted by molar-refractivity contribution is -0.140. The molecule has 178 valence electrons. The molecular weight excluding hydrogens is 434 g/mol. The Balaban J connectivity index is 1.56. The minimum atomic E-state index is -1.07. The number of carboxylic acid groups (broad SMARTS) is 1. The van der Waals surface area contributed by atoms with Crippen LogP contribution in [0.3, 0.4) is 0 Å². The van der Waals surface area contributed by atoms with Gasteiger partial charge in [0.25, 0.3) is 5.91 Å². The van der Waals surface area contributed by atoms with Gasteiger partial charge in [0.05, 0.1) is 5.69 Å². The van der Waals surface area contributed by atoms with Crippen molar-refractivity contribution >= 4 is 29.4 Å². The number of carbonyl (C=O) groups excluding carboxylic acids is 3. The Morgan fingerprint density at radius 3 is 2.47 bits per heavy atom. The highest BCUT2D eigenvalue weighted by Gasteiger charge is 2.44. The summed E-state index contributed by atoms with van der Waals surface area (Å²) in [4.78, 5) is 52.8. The Morgan fingerprint density at radius 1 is 1.09 bits per heavy atom. The second kappa shape index (κ2) is 9.67. The van der Waals surface area contributed by atoms with E-state index in [1.165, 1.54) is 4.90 Å². The molecule has 8 nitrogen and oxygen atoms in total. The molecule has 4 atom stereocenters. The zero-order valence-electron chi connectivity index (χ0n) is 19.3. The van der Waals surface area contributed by atoms with Crippen molar-refractivity contribution in [2.45, 2.75) is 57.7 Å². The fraction of sp³-hybridized carbons (Fsp3) is 0.385. The molecule has 2 aromatic carbocycles. The summed E-state index contributed by atoms with van der Waals surface area (Å²) in [5, 5.41) is 15.4. The van der Waals surface area contributed by atoms with Crippen molar-refractivity contribution in [3.8, 4) is 0 Å². The van der Waals surface area contributed by atoms with E-state index < -0.39 is 35.9 Å². The fourth-order valence-corrected chi connectivity index (χ4v) is 4.74. The maximum absolute atomic E-state index is 13.5. The zero-order chi connectivity index (χ0) is 24.4. The molecule has 2 aliphatic heterocycles. The van der Waals surface area contributed by atoms with Gasteiger partial charge in [0.2, 0.25) is 11.8 Å². The normalized spacial score (nSPS) is 20.6. The predicted molar refractivity (Wildman–Crippen MR) is 126 cm³/mol. The van der Waals surface area contributed by atoms with Gasteiger partial charge in [0.1, 0.15) is 18.1 Å². The summed E-state index contributed by atoms with van der Waals surface area (Å²) in [6, 6.07) is 11.6. The summed E-state index contributed by atoms with van der Waals surface area (Å²) in [7, 11) is 0. The molecule has 3 amide bonds. The van der Waals surface area contributed by atoms with Crippen molar-refractivity contribution < 1.29 is 24.3 Å². The third kappa shape index (κ3) is 4.40. The third-order valence-corrected chi connectivity index (χ3v) is 6.83. The number of carbonyl (C=O) groups is 4. The van der Waals surface area contributed by atoms with Crippen LogP contribution in [0.4, 0.5) is 5.69 Å². The summed E-state index contributed by atoms with van der Waals surface area (Å²) < 4.78 is 0. The lowest BCUT2D eigenvalue weighted by atomic mass is 9.96. The molecule has 0 radical (unpaired) electrons. The topological polar surface area (TPSA) is 116 Å². The van der Waals surface area contributed by atoms with E-state index in [-0.39, 0.29) is 18.2 Å². The first-order valence-corrected chi connectivity index (χ1v) is 11.6. The largest absolute Gasteiger partial charge is 0.480 e. The van der Waals surface area contributed by atoms with Gasteiger partial charge in [-0.05, 0) is 42.0 Å². The number of nitrogens with zero attached hydrogens (tertiary/aromatic N) is 1. The van der Waals surface area contributed by atoms with Gasteiger partial charge in [-0.25, -0.2) is 4.79 Å². The number of rotatable bonds is 7. The molecule has 34 heavy (non-hydrogen) atoms. The predicted octanol–water partition coefficient (Wildman–Crippen LogP) is 2.30. The smallest absolute Gasteiger partial charge is 0.327 e. The first-order chi connectivity index (χ1) is 16.3. The minimum absolute atomic E-state index is 0.170. The molecule has 3 N–H and O–H groups in total. The van der Waals surface area contributed by atoms with Gasteiger partial charge >= 0.3 is 5.97 Å². The summed E-state index contributed by atoms with van der Waals surface area (Å²) in [5.74, 6) is -2.49. The first kappa shape index (κ1) is 23.5. The van der Waals surface area contributed by atoms with Crippen LogP contribution in [-0.4, -0.2) is 46.9 Å². The highest BCUT2D eigenvalue weighted by atomic mass is 16.4. The Bertz CT molecular complexity index is 1120. The number of aliphatic carboxylic acids is 1. The van der Waals surface area contributed by atoms with Gasteiger partial charge < -0.3 is 15.7 Å². The van der Waals surface area contributed by atoms with Crippen LogP contribution in [0.15, 0.2) is 48.5 Å². The van der Waals surface area contributed by atoms with E-state index in [0.29, 0.717) is 30.5 Å². The van der Waals surface area contributed by atoms with Crippen LogP contribution in [0.5, 0.6) is 0 Å². The zero-order valence-corrected chi connectivity index (χ0v) is 19.3. The van der Waals surface area contributed by atoms with Gasteiger partial charge in [-0.1, -0.05) is 56.7 Å². The maximum atomic E-state index is 13.5.